The summed E-state index contributed by atoms with van der Waals surface area (Å²) in [6, 6.07) is 0. The number of methoxy groups -OCH3 is 1. The summed E-state index contributed by atoms with van der Waals surface area (Å²) in [5, 5.41) is 0. The van der Waals surface area contributed by atoms with Crippen molar-refractivity contribution in [3.05, 3.63) is 0 Å². The molecule has 5 heteroatoms. The third-order valence-corrected chi connectivity index (χ3v) is 4.03. The Hall–Kier alpha value is -1.39. The number of likely N-dealkylation sites (tertiary alicyclic amines) is 1. The van der Waals surface area contributed by atoms with E-state index < -0.39 is 5.41 Å². The minimum Gasteiger partial charge on any atom is -0.469 e. The Bertz CT molecular complexity index is 379. The molecule has 1 spiro atoms. The zero-order valence-corrected chi connectivity index (χ0v) is 10.2. The molecule has 0 aromatic carbocycles. The zero-order chi connectivity index (χ0) is 12.6. The summed E-state index contributed by atoms with van der Waals surface area (Å²) in [5.74, 6) is -0.686. The lowest BCUT2D eigenvalue weighted by Crippen LogP contribution is -2.40. The largest absolute Gasteiger partial charge is 0.469 e. The molecule has 1 aliphatic carbocycles. The van der Waals surface area contributed by atoms with E-state index in [0.29, 0.717) is 19.4 Å². The Labute approximate surface area is 100 Å². The van der Waals surface area contributed by atoms with Crippen LogP contribution < -0.4 is 0 Å². The first kappa shape index (κ1) is 12.1. The normalized spacial score (nSPS) is 32.6. The van der Waals surface area contributed by atoms with Crippen molar-refractivity contribution in [1.82, 2.24) is 4.90 Å². The van der Waals surface area contributed by atoms with Crippen molar-refractivity contribution in [2.24, 2.45) is 11.3 Å². The van der Waals surface area contributed by atoms with E-state index in [4.69, 9.17) is 0 Å². The standard InChI is InChI=1S/C12H17NO4/c1-13-7-8(6-10(15)17-2)12(11(13)16)5-3-4-9(12)14/h8H,3-7H2,1-2H3. The number of hydrogen-bond donors (Lipinski definition) is 0. The van der Waals surface area contributed by atoms with Crippen LogP contribution in [0, 0.1) is 11.3 Å². The molecule has 1 amide bonds. The molecule has 2 aliphatic rings. The molecular weight excluding hydrogens is 222 g/mol. The minimum absolute atomic E-state index is 0.000697. The van der Waals surface area contributed by atoms with Crippen molar-refractivity contribution >= 4 is 17.7 Å². The average Bonchev–Trinajstić information content (AvgIpc) is 2.78. The van der Waals surface area contributed by atoms with E-state index in [1.165, 1.54) is 7.11 Å². The van der Waals surface area contributed by atoms with Crippen LogP contribution in [0.1, 0.15) is 25.7 Å². The van der Waals surface area contributed by atoms with Crippen LogP contribution in [0.3, 0.4) is 0 Å². The number of nitrogens with zero attached hydrogens (tertiary/aromatic N) is 1. The highest BCUT2D eigenvalue weighted by Crippen LogP contribution is 2.48. The molecule has 2 rings (SSSR count). The third kappa shape index (κ3) is 1.64. The second kappa shape index (κ2) is 4.13. The van der Waals surface area contributed by atoms with Crippen molar-refractivity contribution in [2.75, 3.05) is 20.7 Å². The first-order chi connectivity index (χ1) is 8.02. The molecule has 17 heavy (non-hydrogen) atoms. The van der Waals surface area contributed by atoms with Crippen molar-refractivity contribution in [2.45, 2.75) is 25.7 Å². The van der Waals surface area contributed by atoms with Gasteiger partial charge in [-0.3, -0.25) is 14.4 Å². The highest BCUT2D eigenvalue weighted by Gasteiger charge is 2.59. The fourth-order valence-corrected chi connectivity index (χ4v) is 3.16. The van der Waals surface area contributed by atoms with Crippen LogP contribution in [0.25, 0.3) is 0 Å². The van der Waals surface area contributed by atoms with Gasteiger partial charge in [0.05, 0.1) is 13.5 Å². The van der Waals surface area contributed by atoms with Gasteiger partial charge >= 0.3 is 5.97 Å². The van der Waals surface area contributed by atoms with E-state index in [-0.39, 0.29) is 30.0 Å². The highest BCUT2D eigenvalue weighted by atomic mass is 16.5. The molecule has 0 aromatic heterocycles. The summed E-state index contributed by atoms with van der Waals surface area (Å²) >= 11 is 0. The Morgan fingerprint density at radius 1 is 1.53 bits per heavy atom. The molecule has 5 nitrogen and oxygen atoms in total. The van der Waals surface area contributed by atoms with Gasteiger partial charge < -0.3 is 9.64 Å². The molecule has 0 bridgehead atoms. The third-order valence-electron chi connectivity index (χ3n) is 4.03. The van der Waals surface area contributed by atoms with Gasteiger partial charge in [0.15, 0.2) is 0 Å². The maximum absolute atomic E-state index is 12.2. The first-order valence-electron chi connectivity index (χ1n) is 5.88. The summed E-state index contributed by atoms with van der Waals surface area (Å²) in [6.07, 6.45) is 1.93. The molecule has 1 aliphatic heterocycles. The molecular formula is C12H17NO4. The predicted molar refractivity (Wildman–Crippen MR) is 59.1 cm³/mol. The van der Waals surface area contributed by atoms with E-state index in [1.54, 1.807) is 11.9 Å². The van der Waals surface area contributed by atoms with Crippen molar-refractivity contribution < 1.29 is 19.1 Å². The number of rotatable bonds is 2. The average molecular weight is 239 g/mol. The molecule has 94 valence electrons. The number of ether oxygens (including phenoxy) is 1. The summed E-state index contributed by atoms with van der Waals surface area (Å²) in [7, 11) is 3.01. The zero-order valence-electron chi connectivity index (χ0n) is 10.2. The molecule has 0 radical (unpaired) electrons. The second-order valence-electron chi connectivity index (χ2n) is 4.91. The second-order valence-corrected chi connectivity index (χ2v) is 4.91. The Balaban J connectivity index is 2.28. The predicted octanol–water partition coefficient (Wildman–Crippen LogP) is 0.377. The lowest BCUT2D eigenvalue weighted by molar-refractivity contribution is -0.145. The minimum atomic E-state index is -0.928. The SMILES string of the molecule is COC(=O)CC1CN(C)C(=O)C12CCCC2=O. The fraction of sp³-hybridized carbons (Fsp3) is 0.750. The quantitative estimate of drug-likeness (QED) is 0.516. The van der Waals surface area contributed by atoms with Crippen LogP contribution in [-0.4, -0.2) is 43.3 Å². The molecule has 2 atom stereocenters. The smallest absolute Gasteiger partial charge is 0.305 e. The summed E-state index contributed by atoms with van der Waals surface area (Å²) in [6.45, 7) is 0.472. The number of esters is 1. The Kier molecular flexibility index (Phi) is 2.93. The maximum Gasteiger partial charge on any atom is 0.305 e. The number of amides is 1. The highest BCUT2D eigenvalue weighted by molar-refractivity contribution is 6.09. The van der Waals surface area contributed by atoms with Crippen LogP contribution in [0.5, 0.6) is 0 Å². The van der Waals surface area contributed by atoms with Crippen LogP contribution in [0.4, 0.5) is 0 Å². The van der Waals surface area contributed by atoms with E-state index in [1.807, 2.05) is 0 Å². The maximum atomic E-state index is 12.2. The summed E-state index contributed by atoms with van der Waals surface area (Å²) in [4.78, 5) is 37.1. The van der Waals surface area contributed by atoms with Crippen molar-refractivity contribution in [3.63, 3.8) is 0 Å². The van der Waals surface area contributed by atoms with Gasteiger partial charge in [0, 0.05) is 25.9 Å². The van der Waals surface area contributed by atoms with Crippen LogP contribution in [0.2, 0.25) is 0 Å². The van der Waals surface area contributed by atoms with Crippen LogP contribution >= 0.6 is 0 Å². The van der Waals surface area contributed by atoms with Gasteiger partial charge in [-0.2, -0.15) is 0 Å². The van der Waals surface area contributed by atoms with Gasteiger partial charge in [0.25, 0.3) is 0 Å². The molecule has 0 aromatic rings. The topological polar surface area (TPSA) is 63.7 Å². The number of Topliss-reactive ketones (excluding diaryl/α,β-unsaturated/α-hetero) is 1. The number of hydrogen-bond acceptors (Lipinski definition) is 4. The lowest BCUT2D eigenvalue weighted by atomic mass is 9.73. The molecule has 2 unspecified atom stereocenters. The van der Waals surface area contributed by atoms with E-state index in [9.17, 15) is 14.4 Å². The van der Waals surface area contributed by atoms with E-state index >= 15 is 0 Å². The molecule has 1 saturated heterocycles. The Morgan fingerprint density at radius 2 is 2.24 bits per heavy atom. The molecule has 1 heterocycles. The van der Waals surface area contributed by atoms with Crippen molar-refractivity contribution in [3.8, 4) is 0 Å². The van der Waals surface area contributed by atoms with Crippen molar-refractivity contribution in [1.29, 1.82) is 0 Å². The van der Waals surface area contributed by atoms with Gasteiger partial charge in [-0.15, -0.1) is 0 Å². The monoisotopic (exact) mass is 239 g/mol. The van der Waals surface area contributed by atoms with Gasteiger partial charge in [-0.05, 0) is 12.8 Å². The van der Waals surface area contributed by atoms with Gasteiger partial charge in [0.2, 0.25) is 5.91 Å². The Morgan fingerprint density at radius 3 is 2.76 bits per heavy atom. The van der Waals surface area contributed by atoms with Crippen LogP contribution in [0.15, 0.2) is 0 Å². The van der Waals surface area contributed by atoms with E-state index in [0.717, 1.165) is 6.42 Å². The molecule has 1 saturated carbocycles. The van der Waals surface area contributed by atoms with Gasteiger partial charge in [0.1, 0.15) is 11.2 Å². The van der Waals surface area contributed by atoms with E-state index in [2.05, 4.69) is 4.74 Å². The van der Waals surface area contributed by atoms with Gasteiger partial charge in [-0.1, -0.05) is 0 Å². The molecule has 0 N–H and O–H groups in total. The molecule has 2 fully saturated rings. The lowest BCUT2D eigenvalue weighted by Gasteiger charge is -2.25. The van der Waals surface area contributed by atoms with Gasteiger partial charge in [-0.25, -0.2) is 0 Å². The summed E-state index contributed by atoms with van der Waals surface area (Å²) in [5.41, 5.74) is -0.928. The number of carbonyl (C=O) groups excluding carboxylic acids is 3. The summed E-state index contributed by atoms with van der Waals surface area (Å²) < 4.78 is 4.64. The number of ketones is 1. The first-order valence-corrected chi connectivity index (χ1v) is 5.88. The van der Waals surface area contributed by atoms with Crippen LogP contribution in [-0.2, 0) is 19.1 Å². The number of carbonyl (C=O) groups is 3. The fourth-order valence-electron chi connectivity index (χ4n) is 3.16.